The number of nitrogens with zero attached hydrogens (tertiary/aromatic N) is 1. The molecule has 1 heterocycles. The maximum atomic E-state index is 12.5. The molecule has 1 aromatic heterocycles. The Hall–Kier alpha value is -2.40. The van der Waals surface area contributed by atoms with Crippen LogP contribution in [0.2, 0.25) is 0 Å². The minimum absolute atomic E-state index is 0.0968. The van der Waals surface area contributed by atoms with Crippen LogP contribution in [0.15, 0.2) is 36.4 Å². The molecule has 1 aliphatic carbocycles. The molecule has 0 fully saturated rings. The van der Waals surface area contributed by atoms with E-state index < -0.39 is 0 Å². The first-order chi connectivity index (χ1) is 12.2. The van der Waals surface area contributed by atoms with Crippen LogP contribution in [0.25, 0.3) is 10.2 Å². The molecule has 4 rings (SSSR count). The molecule has 0 saturated carbocycles. The maximum Gasteiger partial charge on any atom is 0.184 e. The summed E-state index contributed by atoms with van der Waals surface area (Å²) in [5.41, 5.74) is 4.35. The van der Waals surface area contributed by atoms with Crippen molar-refractivity contribution in [2.24, 2.45) is 0 Å². The number of anilines is 1. The van der Waals surface area contributed by atoms with E-state index in [-0.39, 0.29) is 12.3 Å². The molecule has 0 radical (unpaired) electrons. The van der Waals surface area contributed by atoms with Gasteiger partial charge in [0.25, 0.3) is 0 Å². The largest absolute Gasteiger partial charge is 0.494 e. The summed E-state index contributed by atoms with van der Waals surface area (Å²) in [6, 6.07) is 12.0. The van der Waals surface area contributed by atoms with Gasteiger partial charge in [-0.2, -0.15) is 0 Å². The van der Waals surface area contributed by atoms with E-state index in [9.17, 15) is 4.79 Å². The lowest BCUT2D eigenvalue weighted by molar-refractivity contribution is 0.101. The lowest BCUT2D eigenvalue weighted by atomic mass is 9.90. The third-order valence-corrected chi connectivity index (χ3v) is 5.65. The van der Waals surface area contributed by atoms with Gasteiger partial charge in [0.05, 0.1) is 18.4 Å². The van der Waals surface area contributed by atoms with Crippen molar-refractivity contribution in [2.75, 3.05) is 19.0 Å². The molecular weight excluding hydrogens is 332 g/mol. The number of aryl methyl sites for hydroxylation is 2. The van der Waals surface area contributed by atoms with Gasteiger partial charge < -0.3 is 10.1 Å². The summed E-state index contributed by atoms with van der Waals surface area (Å²) in [4.78, 5) is 17.1. The molecule has 1 N–H and O–H groups in total. The van der Waals surface area contributed by atoms with Crippen molar-refractivity contribution in [3.8, 4) is 5.75 Å². The molecule has 128 valence electrons. The lowest BCUT2D eigenvalue weighted by Gasteiger charge is -2.16. The number of fused-ring (bicyclic) bond motifs is 2. The van der Waals surface area contributed by atoms with Gasteiger partial charge in [-0.15, -0.1) is 0 Å². The number of Topliss-reactive ketones (excluding diaryl/α,β-unsaturated/α-hetero) is 1. The highest BCUT2D eigenvalue weighted by molar-refractivity contribution is 7.22. The number of ketones is 1. The Morgan fingerprint density at radius 2 is 2.04 bits per heavy atom. The zero-order valence-corrected chi connectivity index (χ0v) is 15.0. The van der Waals surface area contributed by atoms with Gasteiger partial charge in [-0.05, 0) is 55.0 Å². The van der Waals surface area contributed by atoms with Crippen LogP contribution in [0.5, 0.6) is 5.75 Å². The van der Waals surface area contributed by atoms with Crippen LogP contribution in [0.1, 0.15) is 34.3 Å². The average Bonchev–Trinajstić information content (AvgIpc) is 3.08. The zero-order chi connectivity index (χ0) is 17.2. The van der Waals surface area contributed by atoms with Gasteiger partial charge in [0.1, 0.15) is 11.3 Å². The molecule has 5 heteroatoms. The van der Waals surface area contributed by atoms with Crippen molar-refractivity contribution in [3.63, 3.8) is 0 Å². The summed E-state index contributed by atoms with van der Waals surface area (Å²) in [6.45, 7) is 0.251. The highest BCUT2D eigenvalue weighted by Crippen LogP contribution is 2.32. The number of hydrogen-bond donors (Lipinski definition) is 1. The predicted octanol–water partition coefficient (Wildman–Crippen LogP) is 4.48. The van der Waals surface area contributed by atoms with Crippen molar-refractivity contribution in [1.82, 2.24) is 4.98 Å². The van der Waals surface area contributed by atoms with Crippen LogP contribution >= 0.6 is 11.3 Å². The highest BCUT2D eigenvalue weighted by Gasteiger charge is 2.14. The molecule has 25 heavy (non-hydrogen) atoms. The van der Waals surface area contributed by atoms with Crippen LogP contribution in [-0.2, 0) is 12.8 Å². The van der Waals surface area contributed by atoms with E-state index in [4.69, 9.17) is 4.74 Å². The normalized spacial score (nSPS) is 13.5. The standard InChI is InChI=1S/C20H20N2O2S/c1-24-17-7-4-8-18-19(17)22-20(25-18)21-12-16(23)15-10-9-13-5-2-3-6-14(13)11-15/h4,7-11H,2-3,5-6,12H2,1H3,(H,21,22). The van der Waals surface area contributed by atoms with E-state index >= 15 is 0 Å². The van der Waals surface area contributed by atoms with E-state index in [0.717, 1.165) is 39.5 Å². The minimum Gasteiger partial charge on any atom is -0.494 e. The average molecular weight is 352 g/mol. The fourth-order valence-corrected chi connectivity index (χ4v) is 4.21. The Balaban J connectivity index is 1.48. The van der Waals surface area contributed by atoms with Crippen molar-refractivity contribution >= 4 is 32.5 Å². The van der Waals surface area contributed by atoms with Crippen LogP contribution in [0.3, 0.4) is 0 Å². The molecule has 0 amide bonds. The summed E-state index contributed by atoms with van der Waals surface area (Å²) in [5, 5.41) is 3.91. The minimum atomic E-state index is 0.0968. The van der Waals surface area contributed by atoms with Crippen molar-refractivity contribution in [2.45, 2.75) is 25.7 Å². The molecule has 0 unspecified atom stereocenters. The van der Waals surface area contributed by atoms with Crippen molar-refractivity contribution < 1.29 is 9.53 Å². The Labute approximate surface area is 150 Å². The van der Waals surface area contributed by atoms with E-state index in [1.165, 1.54) is 35.3 Å². The fourth-order valence-electron chi connectivity index (χ4n) is 3.33. The summed E-state index contributed by atoms with van der Waals surface area (Å²) in [7, 11) is 1.64. The molecule has 0 bridgehead atoms. The predicted molar refractivity (Wildman–Crippen MR) is 102 cm³/mol. The Morgan fingerprint density at radius 1 is 1.20 bits per heavy atom. The number of aromatic nitrogens is 1. The Bertz CT molecular complexity index is 933. The van der Waals surface area contributed by atoms with Gasteiger partial charge in [-0.25, -0.2) is 4.98 Å². The smallest absolute Gasteiger partial charge is 0.184 e. The van der Waals surface area contributed by atoms with Crippen LogP contribution in [0, 0.1) is 0 Å². The number of rotatable bonds is 5. The SMILES string of the molecule is COc1cccc2sc(NCC(=O)c3ccc4c(c3)CCCC4)nc12. The Morgan fingerprint density at radius 3 is 2.88 bits per heavy atom. The monoisotopic (exact) mass is 352 g/mol. The first kappa shape index (κ1) is 16.1. The highest BCUT2D eigenvalue weighted by atomic mass is 32.1. The Kier molecular flexibility index (Phi) is 4.40. The molecule has 0 spiro atoms. The second kappa shape index (κ2) is 6.84. The number of para-hydroxylation sites is 1. The number of ether oxygens (including phenoxy) is 1. The maximum absolute atomic E-state index is 12.5. The number of hydrogen-bond acceptors (Lipinski definition) is 5. The molecule has 4 nitrogen and oxygen atoms in total. The summed E-state index contributed by atoms with van der Waals surface area (Å²) >= 11 is 1.53. The van der Waals surface area contributed by atoms with Crippen LogP contribution in [0.4, 0.5) is 5.13 Å². The molecular formula is C20H20N2O2S. The molecule has 0 saturated heterocycles. The zero-order valence-electron chi connectivity index (χ0n) is 14.2. The van der Waals surface area contributed by atoms with E-state index in [1.807, 2.05) is 24.3 Å². The number of methoxy groups -OCH3 is 1. The second-order valence-electron chi connectivity index (χ2n) is 6.29. The molecule has 0 aliphatic heterocycles. The lowest BCUT2D eigenvalue weighted by Crippen LogP contribution is -2.15. The van der Waals surface area contributed by atoms with Crippen LogP contribution < -0.4 is 10.1 Å². The van der Waals surface area contributed by atoms with E-state index in [0.29, 0.717) is 0 Å². The second-order valence-corrected chi connectivity index (χ2v) is 7.32. The fraction of sp³-hybridized carbons (Fsp3) is 0.300. The van der Waals surface area contributed by atoms with E-state index in [2.05, 4.69) is 22.4 Å². The summed E-state index contributed by atoms with van der Waals surface area (Å²) < 4.78 is 6.38. The first-order valence-electron chi connectivity index (χ1n) is 8.57. The molecule has 3 aromatic rings. The quantitative estimate of drug-likeness (QED) is 0.688. The summed E-state index contributed by atoms with van der Waals surface area (Å²) in [5.74, 6) is 0.849. The van der Waals surface area contributed by atoms with E-state index in [1.54, 1.807) is 7.11 Å². The number of carbonyl (C=O) groups is 1. The van der Waals surface area contributed by atoms with Gasteiger partial charge in [0.2, 0.25) is 0 Å². The van der Waals surface area contributed by atoms with Crippen molar-refractivity contribution in [3.05, 3.63) is 53.1 Å². The number of thiazole rings is 1. The number of nitrogens with one attached hydrogen (secondary N) is 1. The number of benzene rings is 2. The van der Waals surface area contributed by atoms with Crippen LogP contribution in [-0.4, -0.2) is 24.4 Å². The topological polar surface area (TPSA) is 51.2 Å². The van der Waals surface area contributed by atoms with Gasteiger partial charge in [-0.1, -0.05) is 29.5 Å². The third-order valence-electron chi connectivity index (χ3n) is 4.67. The van der Waals surface area contributed by atoms with Gasteiger partial charge in [0, 0.05) is 5.56 Å². The first-order valence-corrected chi connectivity index (χ1v) is 9.38. The van der Waals surface area contributed by atoms with Crippen molar-refractivity contribution in [1.29, 1.82) is 0 Å². The van der Waals surface area contributed by atoms with Gasteiger partial charge >= 0.3 is 0 Å². The molecule has 1 aliphatic rings. The third kappa shape index (κ3) is 3.24. The van der Waals surface area contributed by atoms with Gasteiger partial charge in [-0.3, -0.25) is 4.79 Å². The molecule has 2 aromatic carbocycles. The number of carbonyl (C=O) groups excluding carboxylic acids is 1. The summed E-state index contributed by atoms with van der Waals surface area (Å²) in [6.07, 6.45) is 4.69. The molecule has 0 atom stereocenters. The van der Waals surface area contributed by atoms with Gasteiger partial charge in [0.15, 0.2) is 10.9 Å².